The van der Waals surface area contributed by atoms with E-state index in [1.807, 2.05) is 25.1 Å². The van der Waals surface area contributed by atoms with Crippen LogP contribution in [0.4, 0.5) is 0 Å². The fraction of sp³-hybridized carbons (Fsp3) is 0.562. The highest BCUT2D eigenvalue weighted by Gasteiger charge is 2.21. The Morgan fingerprint density at radius 2 is 2.24 bits per heavy atom. The van der Waals surface area contributed by atoms with E-state index in [9.17, 15) is 0 Å². The number of fused-ring (bicyclic) bond motifs is 1. The van der Waals surface area contributed by atoms with Gasteiger partial charge < -0.3 is 14.0 Å². The second-order valence-electron chi connectivity index (χ2n) is 5.61. The molecule has 0 aliphatic heterocycles. The molecule has 0 saturated heterocycles. The average molecular weight is 309 g/mol. The molecule has 1 saturated carbocycles. The van der Waals surface area contributed by atoms with Crippen molar-refractivity contribution in [1.82, 2.24) is 9.55 Å². The Kier molecular flexibility index (Phi) is 4.36. The van der Waals surface area contributed by atoms with Crippen LogP contribution < -0.4 is 4.74 Å². The molecule has 21 heavy (non-hydrogen) atoms. The smallest absolute Gasteiger partial charge is 0.127 e. The SMILES string of the molecule is COc1ccc2c(c1)nc(C(C)Cl)n2CCOCC1CC1. The number of methoxy groups -OCH3 is 1. The van der Waals surface area contributed by atoms with E-state index in [1.54, 1.807) is 7.11 Å². The molecule has 1 aliphatic rings. The van der Waals surface area contributed by atoms with E-state index in [0.29, 0.717) is 6.61 Å². The summed E-state index contributed by atoms with van der Waals surface area (Å²) in [7, 11) is 1.66. The zero-order chi connectivity index (χ0) is 14.8. The summed E-state index contributed by atoms with van der Waals surface area (Å²) in [5.41, 5.74) is 1.99. The van der Waals surface area contributed by atoms with Crippen molar-refractivity contribution in [3.8, 4) is 5.75 Å². The molecular formula is C16H21ClN2O2. The fourth-order valence-electron chi connectivity index (χ4n) is 2.48. The van der Waals surface area contributed by atoms with Gasteiger partial charge in [-0.1, -0.05) is 0 Å². The number of aromatic nitrogens is 2. The Bertz CT molecular complexity index is 620. The van der Waals surface area contributed by atoms with Crippen LogP contribution in [0.3, 0.4) is 0 Å². The highest BCUT2D eigenvalue weighted by atomic mass is 35.5. The van der Waals surface area contributed by atoms with Gasteiger partial charge in [0.05, 0.1) is 30.1 Å². The third-order valence-electron chi connectivity index (χ3n) is 3.85. The Hall–Kier alpha value is -1.26. The summed E-state index contributed by atoms with van der Waals surface area (Å²) in [6.45, 7) is 4.31. The van der Waals surface area contributed by atoms with Gasteiger partial charge in [0, 0.05) is 19.2 Å². The Balaban J connectivity index is 1.80. The summed E-state index contributed by atoms with van der Waals surface area (Å²) < 4.78 is 13.2. The summed E-state index contributed by atoms with van der Waals surface area (Å²) in [5, 5.41) is -0.133. The Morgan fingerprint density at radius 1 is 1.43 bits per heavy atom. The summed E-state index contributed by atoms with van der Waals surface area (Å²) in [6, 6.07) is 5.93. The lowest BCUT2D eigenvalue weighted by molar-refractivity contribution is 0.117. The number of rotatable bonds is 7. The van der Waals surface area contributed by atoms with E-state index >= 15 is 0 Å². The summed E-state index contributed by atoms with van der Waals surface area (Å²) in [6.07, 6.45) is 2.63. The molecule has 4 nitrogen and oxygen atoms in total. The van der Waals surface area contributed by atoms with Gasteiger partial charge in [-0.3, -0.25) is 0 Å². The normalized spacial score (nSPS) is 16.3. The van der Waals surface area contributed by atoms with Gasteiger partial charge in [-0.15, -0.1) is 11.6 Å². The lowest BCUT2D eigenvalue weighted by Gasteiger charge is -2.11. The molecule has 114 valence electrons. The van der Waals surface area contributed by atoms with Crippen molar-refractivity contribution in [3.63, 3.8) is 0 Å². The summed E-state index contributed by atoms with van der Waals surface area (Å²) in [5.74, 6) is 2.49. The van der Waals surface area contributed by atoms with Crippen LogP contribution in [-0.4, -0.2) is 29.9 Å². The van der Waals surface area contributed by atoms with Crippen LogP contribution in [0.15, 0.2) is 18.2 Å². The number of alkyl halides is 1. The van der Waals surface area contributed by atoms with Crippen molar-refractivity contribution in [3.05, 3.63) is 24.0 Å². The van der Waals surface area contributed by atoms with Crippen LogP contribution in [0.1, 0.15) is 31.0 Å². The van der Waals surface area contributed by atoms with E-state index in [0.717, 1.165) is 41.7 Å². The highest BCUT2D eigenvalue weighted by molar-refractivity contribution is 6.20. The Morgan fingerprint density at radius 3 is 2.90 bits per heavy atom. The van der Waals surface area contributed by atoms with E-state index in [-0.39, 0.29) is 5.38 Å². The predicted octanol–water partition coefficient (Wildman–Crippen LogP) is 3.77. The minimum absolute atomic E-state index is 0.133. The van der Waals surface area contributed by atoms with E-state index in [1.165, 1.54) is 12.8 Å². The molecular weight excluding hydrogens is 288 g/mol. The van der Waals surface area contributed by atoms with Crippen molar-refractivity contribution in [2.45, 2.75) is 31.7 Å². The van der Waals surface area contributed by atoms with Crippen LogP contribution in [0.5, 0.6) is 5.75 Å². The second-order valence-corrected chi connectivity index (χ2v) is 6.27. The number of benzene rings is 1. The van der Waals surface area contributed by atoms with Gasteiger partial charge in [-0.05, 0) is 37.8 Å². The summed E-state index contributed by atoms with van der Waals surface area (Å²) >= 11 is 6.27. The maximum Gasteiger partial charge on any atom is 0.127 e. The molecule has 1 aliphatic carbocycles. The molecule has 1 heterocycles. The second kappa shape index (κ2) is 6.24. The number of hydrogen-bond acceptors (Lipinski definition) is 3. The Labute approximate surface area is 130 Å². The average Bonchev–Trinajstić information content (AvgIpc) is 3.23. The van der Waals surface area contributed by atoms with E-state index in [4.69, 9.17) is 21.1 Å². The molecule has 5 heteroatoms. The largest absolute Gasteiger partial charge is 0.497 e. The molecule has 1 aromatic carbocycles. The first-order chi connectivity index (χ1) is 10.2. The van der Waals surface area contributed by atoms with Gasteiger partial charge in [-0.2, -0.15) is 0 Å². The number of imidazole rings is 1. The number of hydrogen-bond donors (Lipinski definition) is 0. The van der Waals surface area contributed by atoms with Crippen LogP contribution in [0.25, 0.3) is 11.0 Å². The zero-order valence-corrected chi connectivity index (χ0v) is 13.3. The first kappa shape index (κ1) is 14.7. The minimum atomic E-state index is -0.133. The molecule has 0 bridgehead atoms. The van der Waals surface area contributed by atoms with Gasteiger partial charge in [0.2, 0.25) is 0 Å². The molecule has 1 aromatic heterocycles. The highest BCUT2D eigenvalue weighted by Crippen LogP contribution is 2.29. The first-order valence-electron chi connectivity index (χ1n) is 7.45. The van der Waals surface area contributed by atoms with Crippen LogP contribution in [0, 0.1) is 5.92 Å². The quantitative estimate of drug-likeness (QED) is 0.577. The zero-order valence-electron chi connectivity index (χ0n) is 12.5. The number of nitrogens with zero attached hydrogens (tertiary/aromatic N) is 2. The lowest BCUT2D eigenvalue weighted by atomic mass is 10.3. The van der Waals surface area contributed by atoms with Crippen LogP contribution in [-0.2, 0) is 11.3 Å². The third kappa shape index (κ3) is 3.33. The monoisotopic (exact) mass is 308 g/mol. The van der Waals surface area contributed by atoms with Gasteiger partial charge >= 0.3 is 0 Å². The van der Waals surface area contributed by atoms with Gasteiger partial charge in [-0.25, -0.2) is 4.98 Å². The maximum absolute atomic E-state index is 6.27. The minimum Gasteiger partial charge on any atom is -0.497 e. The van der Waals surface area contributed by atoms with Crippen molar-refractivity contribution in [1.29, 1.82) is 0 Å². The van der Waals surface area contributed by atoms with Gasteiger partial charge in [0.25, 0.3) is 0 Å². The van der Waals surface area contributed by atoms with Crippen molar-refractivity contribution in [2.24, 2.45) is 5.92 Å². The van der Waals surface area contributed by atoms with Gasteiger partial charge in [0.15, 0.2) is 0 Å². The molecule has 0 spiro atoms. The van der Waals surface area contributed by atoms with Crippen molar-refractivity contribution >= 4 is 22.6 Å². The fourth-order valence-corrected chi connectivity index (χ4v) is 2.65. The number of ether oxygens (including phenoxy) is 2. The summed E-state index contributed by atoms with van der Waals surface area (Å²) in [4.78, 5) is 4.64. The standard InChI is InChI=1S/C16H21ClN2O2/c1-11(17)16-18-14-9-13(20-2)5-6-15(14)19(16)7-8-21-10-12-3-4-12/h5-6,9,11-12H,3-4,7-8,10H2,1-2H3. The molecule has 1 atom stereocenters. The van der Waals surface area contributed by atoms with E-state index in [2.05, 4.69) is 9.55 Å². The third-order valence-corrected chi connectivity index (χ3v) is 4.05. The molecule has 0 amide bonds. The molecule has 1 unspecified atom stereocenters. The molecule has 1 fully saturated rings. The lowest BCUT2D eigenvalue weighted by Crippen LogP contribution is -2.11. The van der Waals surface area contributed by atoms with Crippen molar-refractivity contribution < 1.29 is 9.47 Å². The first-order valence-corrected chi connectivity index (χ1v) is 7.88. The molecule has 3 rings (SSSR count). The molecule has 0 N–H and O–H groups in total. The topological polar surface area (TPSA) is 36.3 Å². The van der Waals surface area contributed by atoms with Gasteiger partial charge in [0.1, 0.15) is 11.6 Å². The molecule has 2 aromatic rings. The van der Waals surface area contributed by atoms with Crippen LogP contribution in [0.2, 0.25) is 0 Å². The van der Waals surface area contributed by atoms with Crippen LogP contribution >= 0.6 is 11.6 Å². The maximum atomic E-state index is 6.27. The van der Waals surface area contributed by atoms with E-state index < -0.39 is 0 Å². The predicted molar refractivity (Wildman–Crippen MR) is 84.1 cm³/mol. The molecule has 0 radical (unpaired) electrons. The van der Waals surface area contributed by atoms with Crippen molar-refractivity contribution in [2.75, 3.05) is 20.3 Å². The number of halogens is 1.